The Balaban J connectivity index is 1.94. The van der Waals surface area contributed by atoms with Gasteiger partial charge in [-0.25, -0.2) is 0 Å². The molecule has 0 unspecified atom stereocenters. The van der Waals surface area contributed by atoms with Gasteiger partial charge in [0.2, 0.25) is 0 Å². The Morgan fingerprint density at radius 2 is 0.875 bits per heavy atom. The molecule has 2 heterocycles. The molecule has 0 aliphatic carbocycles. The summed E-state index contributed by atoms with van der Waals surface area (Å²) < 4.78 is 0. The van der Waals surface area contributed by atoms with Crippen LogP contribution in [-0.4, -0.2) is 16.1 Å². The number of rotatable bonds is 5. The number of hydrogen-bond donors (Lipinski definition) is 0. The Labute approximate surface area is 204 Å². The Kier molecular flexibility index (Phi) is 5.73. The highest BCUT2D eigenvalue weighted by Gasteiger charge is 2.39. The first-order valence-electron chi connectivity index (χ1n) is 11.7. The van der Waals surface area contributed by atoms with Gasteiger partial charge in [0.05, 0.1) is 16.1 Å². The first kappa shape index (κ1) is 23.9. The van der Waals surface area contributed by atoms with E-state index in [1.807, 2.05) is 22.7 Å². The van der Waals surface area contributed by atoms with Crippen molar-refractivity contribution >= 4 is 60.4 Å². The van der Waals surface area contributed by atoms with Gasteiger partial charge in [-0.3, -0.25) is 0 Å². The predicted octanol–water partition coefficient (Wildman–Crippen LogP) is 10.1. The van der Waals surface area contributed by atoms with Gasteiger partial charge in [-0.05, 0) is 42.7 Å². The first-order chi connectivity index (χ1) is 14.7. The van der Waals surface area contributed by atoms with Crippen LogP contribution in [0.15, 0.2) is 47.2 Å². The molecular formula is C28H38S2Si2. The molecule has 0 atom stereocenters. The molecule has 0 aliphatic heterocycles. The molecule has 4 rings (SSSR count). The average Bonchev–Trinajstić information content (AvgIpc) is 3.30. The second-order valence-electron chi connectivity index (χ2n) is 12.4. The van der Waals surface area contributed by atoms with Crippen molar-refractivity contribution in [1.82, 2.24) is 0 Å². The van der Waals surface area contributed by atoms with Crippen molar-refractivity contribution in [2.24, 2.45) is 0 Å². The van der Waals surface area contributed by atoms with Gasteiger partial charge in [-0.2, -0.15) is 0 Å². The fourth-order valence-electron chi connectivity index (χ4n) is 4.26. The van der Waals surface area contributed by atoms with E-state index in [0.29, 0.717) is 0 Å². The highest BCUT2D eigenvalue weighted by atomic mass is 32.1. The molecule has 0 saturated heterocycles. The maximum absolute atomic E-state index is 2.50. The van der Waals surface area contributed by atoms with Gasteiger partial charge in [0.25, 0.3) is 0 Å². The van der Waals surface area contributed by atoms with E-state index in [4.69, 9.17) is 0 Å². The highest BCUT2D eigenvalue weighted by molar-refractivity contribution is 7.13. The molecule has 0 radical (unpaired) electrons. The second-order valence-corrected chi connectivity index (χ2v) is 25.7. The predicted molar refractivity (Wildman–Crippen MR) is 155 cm³/mol. The van der Waals surface area contributed by atoms with Crippen LogP contribution < -0.4 is 0 Å². The van der Waals surface area contributed by atoms with Crippen molar-refractivity contribution in [1.29, 1.82) is 0 Å². The van der Waals surface area contributed by atoms with Gasteiger partial charge in [0, 0.05) is 20.5 Å². The third kappa shape index (κ3) is 3.58. The smallest absolute Gasteiger partial charge is 0.0560 e. The Hall–Kier alpha value is -1.21. The zero-order valence-corrected chi connectivity index (χ0v) is 25.1. The minimum Gasteiger partial charge on any atom is -0.147 e. The summed E-state index contributed by atoms with van der Waals surface area (Å²) in [5, 5.41) is 11.1. The Morgan fingerprint density at radius 1 is 0.531 bits per heavy atom. The first-order valence-corrected chi connectivity index (χ1v) is 20.5. The molecule has 170 valence electrons. The van der Waals surface area contributed by atoms with Crippen LogP contribution >= 0.6 is 22.7 Å². The lowest BCUT2D eigenvalue weighted by Gasteiger charge is -2.37. The number of fused-ring (bicyclic) bond motifs is 2. The minimum atomic E-state index is -1.37. The average molecular weight is 495 g/mol. The zero-order chi connectivity index (χ0) is 23.7. The molecule has 0 nitrogen and oxygen atoms in total. The number of thiophene rings is 2. The van der Waals surface area contributed by atoms with Gasteiger partial charge in [-0.15, -0.1) is 22.7 Å². The molecule has 0 bridgehead atoms. The van der Waals surface area contributed by atoms with Crippen molar-refractivity contribution in [2.75, 3.05) is 0 Å². The quantitative estimate of drug-likeness (QED) is 0.242. The third-order valence-electron chi connectivity index (χ3n) is 8.47. The maximum atomic E-state index is 2.50. The molecule has 0 aliphatic rings. The van der Waals surface area contributed by atoms with Crippen molar-refractivity contribution < 1.29 is 0 Å². The molecule has 4 heteroatoms. The van der Waals surface area contributed by atoms with E-state index in [1.165, 1.54) is 32.7 Å². The zero-order valence-electron chi connectivity index (χ0n) is 21.4. The van der Waals surface area contributed by atoms with Gasteiger partial charge in [-0.1, -0.05) is 103 Å². The van der Waals surface area contributed by atoms with Crippen LogP contribution in [0.3, 0.4) is 0 Å². The monoisotopic (exact) mass is 494 g/mol. The molecule has 0 N–H and O–H groups in total. The molecular weight excluding hydrogens is 457 g/mol. The van der Waals surface area contributed by atoms with Crippen molar-refractivity contribution in [3.8, 4) is 11.1 Å². The Morgan fingerprint density at radius 3 is 1.19 bits per heavy atom. The third-order valence-corrected chi connectivity index (χ3v) is 19.5. The Bertz CT molecular complexity index is 1190. The van der Waals surface area contributed by atoms with E-state index in [2.05, 4.69) is 114 Å². The topological polar surface area (TPSA) is 0 Å². The standard InChI is InChI=1S/C28H38S2Si2/c1-27(2,31(5,6)7)25-21-15-11-13-19(23(21)17-29-25)20-14-12-16-22-24(20)18-30-26(22)28(3,4)32(8,9)10/h11-18H,1-10H3. The van der Waals surface area contributed by atoms with Gasteiger partial charge in [0.15, 0.2) is 0 Å². The summed E-state index contributed by atoms with van der Waals surface area (Å²) in [6, 6.07) is 13.9. The van der Waals surface area contributed by atoms with E-state index in [1.54, 1.807) is 9.75 Å². The number of benzene rings is 2. The summed E-state index contributed by atoms with van der Waals surface area (Å²) in [5.41, 5.74) is 2.77. The second kappa shape index (κ2) is 7.66. The molecule has 0 fully saturated rings. The molecule has 0 amide bonds. The van der Waals surface area contributed by atoms with Crippen LogP contribution in [0.2, 0.25) is 39.3 Å². The summed E-state index contributed by atoms with van der Waals surface area (Å²) in [6.07, 6.45) is 0. The highest BCUT2D eigenvalue weighted by Crippen LogP contribution is 2.47. The van der Waals surface area contributed by atoms with Crippen molar-refractivity contribution in [3.63, 3.8) is 0 Å². The summed E-state index contributed by atoms with van der Waals surface area (Å²) in [4.78, 5) is 3.12. The molecule has 0 saturated carbocycles. The number of hydrogen-bond acceptors (Lipinski definition) is 2. The normalized spacial score (nSPS) is 13.9. The van der Waals surface area contributed by atoms with Crippen LogP contribution in [0.1, 0.15) is 37.4 Å². The lowest BCUT2D eigenvalue weighted by molar-refractivity contribution is 0.743. The minimum absolute atomic E-state index is 0.251. The van der Waals surface area contributed by atoms with E-state index >= 15 is 0 Å². The molecule has 2 aromatic carbocycles. The van der Waals surface area contributed by atoms with E-state index in [0.717, 1.165) is 0 Å². The SMILES string of the molecule is CC(C)(c1scc2c(-c3cccc4c(C(C)(C)[Si](C)(C)C)scc34)cccc12)[Si](C)(C)C. The van der Waals surface area contributed by atoms with E-state index in [-0.39, 0.29) is 10.1 Å². The molecule has 4 aromatic rings. The van der Waals surface area contributed by atoms with Gasteiger partial charge < -0.3 is 0 Å². The fourth-order valence-corrected chi connectivity index (χ4v) is 10.3. The fraction of sp³-hybridized carbons (Fsp3) is 0.429. The largest absolute Gasteiger partial charge is 0.147 e. The summed E-state index contributed by atoms with van der Waals surface area (Å²) in [5.74, 6) is 0. The maximum Gasteiger partial charge on any atom is 0.0560 e. The van der Waals surface area contributed by atoms with Crippen LogP contribution in [0.5, 0.6) is 0 Å². The van der Waals surface area contributed by atoms with Crippen LogP contribution in [0, 0.1) is 0 Å². The molecule has 2 aromatic heterocycles. The van der Waals surface area contributed by atoms with E-state index < -0.39 is 16.1 Å². The van der Waals surface area contributed by atoms with Crippen LogP contribution in [0.25, 0.3) is 32.7 Å². The van der Waals surface area contributed by atoms with Gasteiger partial charge in [0.1, 0.15) is 0 Å². The van der Waals surface area contributed by atoms with Gasteiger partial charge >= 0.3 is 0 Å². The lowest BCUT2D eigenvalue weighted by Crippen LogP contribution is -2.44. The van der Waals surface area contributed by atoms with E-state index in [9.17, 15) is 0 Å². The van der Waals surface area contributed by atoms with Crippen molar-refractivity contribution in [2.45, 2.75) is 77.1 Å². The summed E-state index contributed by atoms with van der Waals surface area (Å²) in [6.45, 7) is 24.8. The molecule has 32 heavy (non-hydrogen) atoms. The van der Waals surface area contributed by atoms with Crippen molar-refractivity contribution in [3.05, 3.63) is 56.9 Å². The lowest BCUT2D eigenvalue weighted by atomic mass is 9.94. The molecule has 0 spiro atoms. The summed E-state index contributed by atoms with van der Waals surface area (Å²) in [7, 11) is -2.73. The van der Waals surface area contributed by atoms with Crippen LogP contribution in [0.4, 0.5) is 0 Å². The summed E-state index contributed by atoms with van der Waals surface area (Å²) >= 11 is 3.93. The van der Waals surface area contributed by atoms with Crippen LogP contribution in [-0.2, 0) is 10.1 Å².